The van der Waals surface area contributed by atoms with Crippen molar-refractivity contribution >= 4 is 23.0 Å². The molecule has 0 amide bonds. The first kappa shape index (κ1) is 11.1. The first-order valence-electron chi connectivity index (χ1n) is 4.39. The van der Waals surface area contributed by atoms with Crippen LogP contribution in [-0.2, 0) is 0 Å². The molecule has 1 rings (SSSR count). The number of nitrogen functional groups attached to an aromatic ring is 1. The molecule has 14 heavy (non-hydrogen) atoms. The van der Waals surface area contributed by atoms with Gasteiger partial charge in [0, 0.05) is 19.3 Å². The van der Waals surface area contributed by atoms with E-state index >= 15 is 0 Å². The molecule has 0 bridgehead atoms. The summed E-state index contributed by atoms with van der Waals surface area (Å²) in [6, 6.07) is 0. The lowest BCUT2D eigenvalue weighted by Gasteiger charge is -2.13. The maximum atomic E-state index is 5.93. The molecule has 0 atom stereocenters. The van der Waals surface area contributed by atoms with E-state index in [-0.39, 0.29) is 0 Å². The summed E-state index contributed by atoms with van der Waals surface area (Å²) < 4.78 is 0. The van der Waals surface area contributed by atoms with Crippen LogP contribution in [0.3, 0.4) is 0 Å². The third kappa shape index (κ3) is 3.05. The summed E-state index contributed by atoms with van der Waals surface area (Å²) in [6.45, 7) is 1.74. The van der Waals surface area contributed by atoms with Gasteiger partial charge in [-0.25, -0.2) is 0 Å². The Hall–Kier alpha value is -1.00. The van der Waals surface area contributed by atoms with Crippen LogP contribution in [0.1, 0.15) is 0 Å². The Kier molecular flexibility index (Phi) is 3.98. The lowest BCUT2D eigenvalue weighted by molar-refractivity contribution is 0.425. The van der Waals surface area contributed by atoms with Crippen LogP contribution in [0.4, 0.5) is 11.4 Å². The second kappa shape index (κ2) is 5.02. The zero-order valence-corrected chi connectivity index (χ0v) is 9.17. The second-order valence-corrected chi connectivity index (χ2v) is 3.72. The Morgan fingerprint density at radius 1 is 1.50 bits per heavy atom. The summed E-state index contributed by atoms with van der Waals surface area (Å²) in [4.78, 5) is 5.96. The van der Waals surface area contributed by atoms with Gasteiger partial charge in [0.1, 0.15) is 0 Å². The van der Waals surface area contributed by atoms with Crippen LogP contribution < -0.4 is 11.1 Å². The highest BCUT2D eigenvalue weighted by Gasteiger charge is 2.03. The predicted molar refractivity (Wildman–Crippen MR) is 60.7 cm³/mol. The summed E-state index contributed by atoms with van der Waals surface area (Å²) in [5, 5.41) is 3.73. The van der Waals surface area contributed by atoms with Crippen molar-refractivity contribution in [1.82, 2.24) is 9.88 Å². The number of nitrogens with one attached hydrogen (secondary N) is 1. The highest BCUT2D eigenvalue weighted by Crippen LogP contribution is 2.25. The minimum absolute atomic E-state index is 0.559. The minimum atomic E-state index is 0.559. The Bertz CT molecular complexity index is 281. The fraction of sp³-hybridized carbons (Fsp3) is 0.444. The van der Waals surface area contributed by atoms with Gasteiger partial charge in [0.2, 0.25) is 0 Å². The molecular formula is C9H15ClN4. The van der Waals surface area contributed by atoms with Crippen molar-refractivity contribution in [2.24, 2.45) is 0 Å². The highest BCUT2D eigenvalue weighted by molar-refractivity contribution is 6.33. The van der Waals surface area contributed by atoms with Crippen LogP contribution in [0, 0.1) is 0 Å². The monoisotopic (exact) mass is 214 g/mol. The number of rotatable bonds is 4. The van der Waals surface area contributed by atoms with Gasteiger partial charge in [-0.15, -0.1) is 0 Å². The van der Waals surface area contributed by atoms with Crippen LogP contribution in [0.2, 0.25) is 5.02 Å². The van der Waals surface area contributed by atoms with E-state index in [1.54, 1.807) is 12.4 Å². The molecule has 0 radical (unpaired) electrons. The van der Waals surface area contributed by atoms with E-state index in [9.17, 15) is 0 Å². The lowest BCUT2D eigenvalue weighted by Crippen LogP contribution is -2.21. The Balaban J connectivity index is 2.58. The first-order chi connectivity index (χ1) is 6.61. The van der Waals surface area contributed by atoms with Gasteiger partial charge in [0.25, 0.3) is 0 Å². The Labute approximate surface area is 89.1 Å². The third-order valence-electron chi connectivity index (χ3n) is 1.79. The molecular weight excluding hydrogens is 200 g/mol. The van der Waals surface area contributed by atoms with E-state index < -0.39 is 0 Å². The smallest absolute Gasteiger partial charge is 0.0841 e. The average molecular weight is 215 g/mol. The number of hydrogen-bond donors (Lipinski definition) is 2. The van der Waals surface area contributed by atoms with Crippen LogP contribution in [0.25, 0.3) is 0 Å². The summed E-state index contributed by atoms with van der Waals surface area (Å²) in [7, 11) is 4.03. The molecule has 0 saturated carbocycles. The van der Waals surface area contributed by atoms with Gasteiger partial charge >= 0.3 is 0 Å². The van der Waals surface area contributed by atoms with E-state index in [4.69, 9.17) is 17.3 Å². The Morgan fingerprint density at radius 3 is 2.79 bits per heavy atom. The molecule has 1 aromatic heterocycles. The van der Waals surface area contributed by atoms with E-state index in [0.29, 0.717) is 10.7 Å². The number of hydrogen-bond acceptors (Lipinski definition) is 4. The fourth-order valence-electron chi connectivity index (χ4n) is 1.04. The zero-order chi connectivity index (χ0) is 10.6. The molecule has 0 aromatic carbocycles. The normalized spacial score (nSPS) is 10.6. The summed E-state index contributed by atoms with van der Waals surface area (Å²) in [5.74, 6) is 0. The molecule has 4 nitrogen and oxygen atoms in total. The van der Waals surface area contributed by atoms with Gasteiger partial charge in [-0.2, -0.15) is 0 Å². The van der Waals surface area contributed by atoms with Gasteiger partial charge in [-0.3, -0.25) is 4.98 Å². The largest absolute Gasteiger partial charge is 0.396 e. The van der Waals surface area contributed by atoms with Crippen molar-refractivity contribution in [3.63, 3.8) is 0 Å². The van der Waals surface area contributed by atoms with Gasteiger partial charge < -0.3 is 16.0 Å². The van der Waals surface area contributed by atoms with Gasteiger partial charge in [-0.05, 0) is 14.1 Å². The summed E-state index contributed by atoms with van der Waals surface area (Å²) >= 11 is 5.93. The molecule has 0 aliphatic rings. The maximum absolute atomic E-state index is 5.93. The maximum Gasteiger partial charge on any atom is 0.0841 e. The van der Waals surface area contributed by atoms with Crippen molar-refractivity contribution in [1.29, 1.82) is 0 Å². The lowest BCUT2D eigenvalue weighted by atomic mass is 10.3. The van der Waals surface area contributed by atoms with Crippen LogP contribution in [-0.4, -0.2) is 37.1 Å². The molecule has 5 heteroatoms. The van der Waals surface area contributed by atoms with E-state index in [1.165, 1.54) is 0 Å². The number of nitrogens with two attached hydrogens (primary N) is 1. The van der Waals surface area contributed by atoms with Crippen molar-refractivity contribution in [2.75, 3.05) is 38.2 Å². The molecule has 0 fully saturated rings. The topological polar surface area (TPSA) is 54.2 Å². The molecule has 78 valence electrons. The van der Waals surface area contributed by atoms with Crippen LogP contribution in [0.5, 0.6) is 0 Å². The summed E-state index contributed by atoms with van der Waals surface area (Å²) in [5.41, 5.74) is 7.06. The predicted octanol–water partition coefficient (Wildman–Crippen LogP) is 1.29. The van der Waals surface area contributed by atoms with Crippen LogP contribution in [0.15, 0.2) is 12.4 Å². The van der Waals surface area contributed by atoms with E-state index in [0.717, 1.165) is 18.8 Å². The standard InChI is InChI=1S/C9H15ClN4/c1-14(2)4-3-13-9-7(10)5-12-6-8(9)11/h5-6H,3-4,11H2,1-2H3,(H,12,13). The molecule has 0 aliphatic heterocycles. The molecule has 3 N–H and O–H groups in total. The molecule has 1 heterocycles. The highest BCUT2D eigenvalue weighted by atomic mass is 35.5. The van der Waals surface area contributed by atoms with Gasteiger partial charge in [0.15, 0.2) is 0 Å². The summed E-state index contributed by atoms with van der Waals surface area (Å²) in [6.07, 6.45) is 3.17. The second-order valence-electron chi connectivity index (χ2n) is 3.32. The zero-order valence-electron chi connectivity index (χ0n) is 8.42. The van der Waals surface area contributed by atoms with E-state index in [1.807, 2.05) is 14.1 Å². The van der Waals surface area contributed by atoms with Gasteiger partial charge in [-0.1, -0.05) is 11.6 Å². The van der Waals surface area contributed by atoms with E-state index in [2.05, 4.69) is 15.2 Å². The number of halogens is 1. The molecule has 0 saturated heterocycles. The number of likely N-dealkylation sites (N-methyl/N-ethyl adjacent to an activating group) is 1. The van der Waals surface area contributed by atoms with Crippen molar-refractivity contribution in [2.45, 2.75) is 0 Å². The average Bonchev–Trinajstić information content (AvgIpc) is 2.09. The van der Waals surface area contributed by atoms with Crippen molar-refractivity contribution < 1.29 is 0 Å². The number of nitrogens with zero attached hydrogens (tertiary/aromatic N) is 2. The first-order valence-corrected chi connectivity index (χ1v) is 4.76. The van der Waals surface area contributed by atoms with Crippen molar-refractivity contribution in [3.05, 3.63) is 17.4 Å². The number of pyridine rings is 1. The fourth-order valence-corrected chi connectivity index (χ4v) is 1.27. The molecule has 1 aromatic rings. The minimum Gasteiger partial charge on any atom is -0.396 e. The molecule has 0 aliphatic carbocycles. The Morgan fingerprint density at radius 2 is 2.21 bits per heavy atom. The molecule has 0 unspecified atom stereocenters. The third-order valence-corrected chi connectivity index (χ3v) is 2.08. The number of aromatic nitrogens is 1. The van der Waals surface area contributed by atoms with Gasteiger partial charge in [0.05, 0.1) is 22.6 Å². The SMILES string of the molecule is CN(C)CCNc1c(N)cncc1Cl. The molecule has 0 spiro atoms. The quantitative estimate of drug-likeness (QED) is 0.793. The van der Waals surface area contributed by atoms with Crippen LogP contribution >= 0.6 is 11.6 Å². The number of anilines is 2. The van der Waals surface area contributed by atoms with Crippen molar-refractivity contribution in [3.8, 4) is 0 Å².